The topological polar surface area (TPSA) is 63.6 Å². The van der Waals surface area contributed by atoms with Crippen LogP contribution in [0, 0.1) is 11.8 Å². The molecule has 0 amide bonds. The Labute approximate surface area is 103 Å². The summed E-state index contributed by atoms with van der Waals surface area (Å²) in [5, 5.41) is 8.91. The molecule has 0 aliphatic heterocycles. The van der Waals surface area contributed by atoms with Gasteiger partial charge >= 0.3 is 11.9 Å². The number of ether oxygens (including phenoxy) is 1. The van der Waals surface area contributed by atoms with Crippen molar-refractivity contribution in [3.8, 4) is 0 Å². The number of rotatable bonds is 5. The number of hydrogen-bond donors (Lipinski definition) is 1. The van der Waals surface area contributed by atoms with Crippen molar-refractivity contribution in [2.45, 2.75) is 46.6 Å². The van der Waals surface area contributed by atoms with E-state index in [-0.39, 0.29) is 11.5 Å². The first-order chi connectivity index (χ1) is 7.54. The number of carboxylic acid groups (broad SMARTS) is 1. The minimum absolute atomic E-state index is 0.104. The molecule has 0 spiro atoms. The first kappa shape index (κ1) is 15.7. The number of aliphatic carboxylic acids is 1. The second-order valence-corrected chi connectivity index (χ2v) is 5.55. The molecule has 17 heavy (non-hydrogen) atoms. The summed E-state index contributed by atoms with van der Waals surface area (Å²) in [5.41, 5.74) is -0.724. The molecule has 0 aliphatic rings. The van der Waals surface area contributed by atoms with Crippen LogP contribution < -0.4 is 0 Å². The lowest BCUT2D eigenvalue weighted by atomic mass is 9.91. The maximum absolute atomic E-state index is 11.9. The van der Waals surface area contributed by atoms with E-state index in [1.807, 2.05) is 13.8 Å². The molecule has 98 valence electrons. The summed E-state index contributed by atoms with van der Waals surface area (Å²) in [6.45, 7) is 12.6. The molecule has 0 saturated carbocycles. The summed E-state index contributed by atoms with van der Waals surface area (Å²) < 4.78 is 5.21. The molecule has 1 atom stereocenters. The Hall–Kier alpha value is -1.32. The molecule has 0 fully saturated rings. The Morgan fingerprint density at radius 3 is 2.06 bits per heavy atom. The maximum atomic E-state index is 11.9. The third-order valence-corrected chi connectivity index (χ3v) is 2.09. The van der Waals surface area contributed by atoms with Crippen molar-refractivity contribution in [1.29, 1.82) is 0 Å². The lowest BCUT2D eigenvalue weighted by Gasteiger charge is -2.24. The Kier molecular flexibility index (Phi) is 5.39. The molecule has 4 heteroatoms. The molecule has 0 aliphatic carbocycles. The quantitative estimate of drug-likeness (QED) is 0.594. The van der Waals surface area contributed by atoms with Crippen LogP contribution in [-0.2, 0) is 14.3 Å². The van der Waals surface area contributed by atoms with Gasteiger partial charge in [-0.2, -0.15) is 0 Å². The van der Waals surface area contributed by atoms with Gasteiger partial charge in [0.25, 0.3) is 0 Å². The van der Waals surface area contributed by atoms with Crippen LogP contribution in [0.3, 0.4) is 0 Å². The predicted molar refractivity (Wildman–Crippen MR) is 65.6 cm³/mol. The van der Waals surface area contributed by atoms with Gasteiger partial charge in [0.15, 0.2) is 0 Å². The van der Waals surface area contributed by atoms with Crippen LogP contribution in [-0.4, -0.2) is 22.6 Å². The Morgan fingerprint density at radius 2 is 1.76 bits per heavy atom. The largest absolute Gasteiger partial charge is 0.478 e. The molecular weight excluding hydrogens is 220 g/mol. The van der Waals surface area contributed by atoms with E-state index in [1.165, 1.54) is 0 Å². The van der Waals surface area contributed by atoms with Crippen LogP contribution in [0.4, 0.5) is 0 Å². The fourth-order valence-electron chi connectivity index (χ4n) is 1.37. The Balaban J connectivity index is 4.87. The molecule has 0 saturated heterocycles. The first-order valence-corrected chi connectivity index (χ1v) is 5.69. The van der Waals surface area contributed by atoms with Gasteiger partial charge in [0.1, 0.15) is 5.60 Å². The average Bonchev–Trinajstić information content (AvgIpc) is 2.09. The van der Waals surface area contributed by atoms with Gasteiger partial charge < -0.3 is 9.84 Å². The van der Waals surface area contributed by atoms with Gasteiger partial charge in [-0.05, 0) is 33.1 Å². The zero-order chi connectivity index (χ0) is 13.8. The molecule has 0 rings (SSSR count). The van der Waals surface area contributed by atoms with E-state index in [1.54, 1.807) is 20.8 Å². The molecule has 0 bridgehead atoms. The zero-order valence-corrected chi connectivity index (χ0v) is 11.2. The molecule has 0 aromatic carbocycles. The number of esters is 1. The molecule has 0 aromatic rings. The molecule has 0 radical (unpaired) electrons. The van der Waals surface area contributed by atoms with E-state index in [0.29, 0.717) is 6.42 Å². The van der Waals surface area contributed by atoms with Crippen LogP contribution in [0.15, 0.2) is 12.2 Å². The summed E-state index contributed by atoms with van der Waals surface area (Å²) in [5.74, 6) is -2.24. The minimum atomic E-state index is -1.15. The van der Waals surface area contributed by atoms with Gasteiger partial charge in [0.05, 0.1) is 5.92 Å². The second-order valence-electron chi connectivity index (χ2n) is 5.55. The Morgan fingerprint density at radius 1 is 1.29 bits per heavy atom. The SMILES string of the molecule is C=C(C(=O)O)[C@@H](CC(C)C)C(=O)OC(C)(C)C. The summed E-state index contributed by atoms with van der Waals surface area (Å²) in [6, 6.07) is 0. The zero-order valence-electron chi connectivity index (χ0n) is 11.2. The average molecular weight is 242 g/mol. The maximum Gasteiger partial charge on any atom is 0.331 e. The van der Waals surface area contributed by atoms with Crippen LogP contribution in [0.25, 0.3) is 0 Å². The highest BCUT2D eigenvalue weighted by Crippen LogP contribution is 2.23. The third kappa shape index (κ3) is 6.09. The van der Waals surface area contributed by atoms with Crippen molar-refractivity contribution in [2.75, 3.05) is 0 Å². The summed E-state index contributed by atoms with van der Waals surface area (Å²) in [7, 11) is 0. The van der Waals surface area contributed by atoms with E-state index in [2.05, 4.69) is 6.58 Å². The normalized spacial score (nSPS) is 13.3. The highest BCUT2D eigenvalue weighted by atomic mass is 16.6. The predicted octanol–water partition coefficient (Wildman–Crippen LogP) is 2.63. The van der Waals surface area contributed by atoms with Crippen LogP contribution in [0.5, 0.6) is 0 Å². The highest BCUT2D eigenvalue weighted by Gasteiger charge is 2.30. The smallest absolute Gasteiger partial charge is 0.331 e. The van der Waals surface area contributed by atoms with Crippen LogP contribution >= 0.6 is 0 Å². The molecule has 0 aromatic heterocycles. The van der Waals surface area contributed by atoms with Crippen molar-refractivity contribution in [2.24, 2.45) is 11.8 Å². The second kappa shape index (κ2) is 5.84. The van der Waals surface area contributed by atoms with Crippen molar-refractivity contribution in [3.63, 3.8) is 0 Å². The minimum Gasteiger partial charge on any atom is -0.478 e. The first-order valence-electron chi connectivity index (χ1n) is 5.69. The highest BCUT2D eigenvalue weighted by molar-refractivity contribution is 5.93. The van der Waals surface area contributed by atoms with Gasteiger partial charge in [-0.3, -0.25) is 4.79 Å². The van der Waals surface area contributed by atoms with E-state index >= 15 is 0 Å². The van der Waals surface area contributed by atoms with Crippen molar-refractivity contribution in [3.05, 3.63) is 12.2 Å². The lowest BCUT2D eigenvalue weighted by molar-refractivity contribution is -0.160. The van der Waals surface area contributed by atoms with Gasteiger partial charge in [-0.15, -0.1) is 0 Å². The van der Waals surface area contributed by atoms with E-state index < -0.39 is 23.5 Å². The van der Waals surface area contributed by atoms with Gasteiger partial charge in [0.2, 0.25) is 0 Å². The van der Waals surface area contributed by atoms with Gasteiger partial charge in [-0.1, -0.05) is 20.4 Å². The number of carbonyl (C=O) groups is 2. The van der Waals surface area contributed by atoms with Crippen molar-refractivity contribution in [1.82, 2.24) is 0 Å². The molecule has 0 heterocycles. The fourth-order valence-corrected chi connectivity index (χ4v) is 1.37. The van der Waals surface area contributed by atoms with Crippen molar-refractivity contribution < 1.29 is 19.4 Å². The number of carboxylic acids is 1. The van der Waals surface area contributed by atoms with E-state index in [4.69, 9.17) is 9.84 Å². The number of hydrogen-bond acceptors (Lipinski definition) is 3. The fraction of sp³-hybridized carbons (Fsp3) is 0.692. The van der Waals surface area contributed by atoms with Crippen molar-refractivity contribution >= 4 is 11.9 Å². The standard InChI is InChI=1S/C13H22O4/c1-8(2)7-10(9(3)11(14)15)12(16)17-13(4,5)6/h8,10H,3,7H2,1-2,4-6H3,(H,14,15)/t10-/m1/s1. The van der Waals surface area contributed by atoms with Gasteiger partial charge in [-0.25, -0.2) is 4.79 Å². The molecule has 1 N–H and O–H groups in total. The lowest BCUT2D eigenvalue weighted by Crippen LogP contribution is -2.31. The summed E-state index contributed by atoms with van der Waals surface area (Å²) in [4.78, 5) is 22.8. The summed E-state index contributed by atoms with van der Waals surface area (Å²) >= 11 is 0. The molecule has 4 nitrogen and oxygen atoms in total. The molecule has 0 unspecified atom stereocenters. The molecular formula is C13H22O4. The van der Waals surface area contributed by atoms with E-state index in [0.717, 1.165) is 0 Å². The van der Waals surface area contributed by atoms with Gasteiger partial charge in [0, 0.05) is 5.57 Å². The van der Waals surface area contributed by atoms with E-state index in [9.17, 15) is 9.59 Å². The monoisotopic (exact) mass is 242 g/mol. The van der Waals surface area contributed by atoms with Crippen LogP contribution in [0.1, 0.15) is 41.0 Å². The third-order valence-electron chi connectivity index (χ3n) is 2.09. The number of carbonyl (C=O) groups excluding carboxylic acids is 1. The van der Waals surface area contributed by atoms with Crippen LogP contribution in [0.2, 0.25) is 0 Å². The summed E-state index contributed by atoms with van der Waals surface area (Å²) in [6.07, 6.45) is 0.431. The Bertz CT molecular complexity index is 310.